The minimum Gasteiger partial charge on any atom is -0.399 e. The Hall–Kier alpha value is -1.38. The number of hydrogen-bond donors (Lipinski definition) is 0. The van der Waals surface area contributed by atoms with Crippen molar-refractivity contribution in [3.05, 3.63) is 29.1 Å². The van der Waals surface area contributed by atoms with E-state index in [-0.39, 0.29) is 0 Å². The molecule has 1 aromatic carbocycles. The van der Waals surface area contributed by atoms with Crippen molar-refractivity contribution in [2.75, 3.05) is 0 Å². The van der Waals surface area contributed by atoms with Crippen LogP contribution in [0.4, 0.5) is 4.39 Å². The van der Waals surface area contributed by atoms with Crippen LogP contribution < -0.4 is 5.46 Å². The standard InChI is InChI=1S/C14H17BFNO2/c1-9-6-11(12(16)7-10(9)8-17)15-18-13(2,3)14(4,5)19-15/h6-7H,1-5H3. The predicted molar refractivity (Wildman–Crippen MR) is 71.6 cm³/mol. The van der Waals surface area contributed by atoms with Gasteiger partial charge >= 0.3 is 7.12 Å². The van der Waals surface area contributed by atoms with E-state index < -0.39 is 24.1 Å². The van der Waals surface area contributed by atoms with E-state index in [0.29, 0.717) is 16.6 Å². The average molecular weight is 261 g/mol. The Kier molecular flexibility index (Phi) is 3.20. The molecule has 0 saturated carbocycles. The van der Waals surface area contributed by atoms with Crippen molar-refractivity contribution in [2.45, 2.75) is 45.8 Å². The summed E-state index contributed by atoms with van der Waals surface area (Å²) in [7, 11) is -0.739. The summed E-state index contributed by atoms with van der Waals surface area (Å²) < 4.78 is 25.7. The summed E-state index contributed by atoms with van der Waals surface area (Å²) in [6.45, 7) is 9.44. The highest BCUT2D eigenvalue weighted by molar-refractivity contribution is 6.62. The Balaban J connectivity index is 2.41. The molecule has 1 saturated heterocycles. The van der Waals surface area contributed by atoms with E-state index in [0.717, 1.165) is 0 Å². The van der Waals surface area contributed by atoms with Crippen molar-refractivity contribution in [3.8, 4) is 6.07 Å². The minimum atomic E-state index is -0.739. The van der Waals surface area contributed by atoms with Crippen LogP contribution in [0.15, 0.2) is 12.1 Å². The fourth-order valence-electron chi connectivity index (χ4n) is 1.97. The van der Waals surface area contributed by atoms with E-state index in [1.54, 1.807) is 13.0 Å². The number of rotatable bonds is 1. The number of nitriles is 1. The Morgan fingerprint density at radius 1 is 1.16 bits per heavy atom. The summed E-state index contributed by atoms with van der Waals surface area (Å²) in [5.41, 5.74) is 0.374. The Morgan fingerprint density at radius 3 is 2.16 bits per heavy atom. The fraction of sp³-hybridized carbons (Fsp3) is 0.500. The first kappa shape index (κ1) is 14.0. The topological polar surface area (TPSA) is 42.2 Å². The van der Waals surface area contributed by atoms with E-state index in [2.05, 4.69) is 0 Å². The zero-order valence-electron chi connectivity index (χ0n) is 11.9. The van der Waals surface area contributed by atoms with Crippen molar-refractivity contribution >= 4 is 12.6 Å². The lowest BCUT2D eigenvalue weighted by atomic mass is 9.77. The molecule has 3 nitrogen and oxygen atoms in total. The van der Waals surface area contributed by atoms with E-state index >= 15 is 0 Å². The molecule has 1 aliphatic heterocycles. The number of halogens is 1. The van der Waals surface area contributed by atoms with E-state index in [9.17, 15) is 4.39 Å². The summed E-state index contributed by atoms with van der Waals surface area (Å²) in [5.74, 6) is -0.472. The Labute approximate surface area is 113 Å². The number of hydrogen-bond acceptors (Lipinski definition) is 3. The Morgan fingerprint density at radius 2 is 1.68 bits per heavy atom. The van der Waals surface area contributed by atoms with Crippen LogP contribution in [0.1, 0.15) is 38.8 Å². The smallest absolute Gasteiger partial charge is 0.399 e. The van der Waals surface area contributed by atoms with Gasteiger partial charge in [-0.1, -0.05) is 6.07 Å². The summed E-state index contributed by atoms with van der Waals surface area (Å²) in [6.07, 6.45) is 0. The maximum absolute atomic E-state index is 14.1. The van der Waals surface area contributed by atoms with Gasteiger partial charge in [-0.3, -0.25) is 0 Å². The number of benzene rings is 1. The lowest BCUT2D eigenvalue weighted by molar-refractivity contribution is 0.00578. The maximum Gasteiger partial charge on any atom is 0.497 e. The van der Waals surface area contributed by atoms with Gasteiger partial charge in [-0.05, 0) is 46.2 Å². The second-order valence-electron chi connectivity index (χ2n) is 5.89. The van der Waals surface area contributed by atoms with Gasteiger partial charge in [0.05, 0.1) is 22.8 Å². The summed E-state index contributed by atoms with van der Waals surface area (Å²) >= 11 is 0. The first-order chi connectivity index (χ1) is 8.68. The van der Waals surface area contributed by atoms with Gasteiger partial charge in [-0.15, -0.1) is 0 Å². The predicted octanol–water partition coefficient (Wildman–Crippen LogP) is 2.30. The van der Waals surface area contributed by atoms with Gasteiger partial charge < -0.3 is 9.31 Å². The first-order valence-corrected chi connectivity index (χ1v) is 6.24. The molecule has 1 aliphatic rings. The summed E-state index contributed by atoms with van der Waals surface area (Å²) in [4.78, 5) is 0. The fourth-order valence-corrected chi connectivity index (χ4v) is 1.97. The highest BCUT2D eigenvalue weighted by atomic mass is 19.1. The third-order valence-electron chi connectivity index (χ3n) is 3.97. The van der Waals surface area contributed by atoms with Gasteiger partial charge in [-0.25, -0.2) is 4.39 Å². The van der Waals surface area contributed by atoms with Crippen molar-refractivity contribution in [2.24, 2.45) is 0 Å². The highest BCUT2D eigenvalue weighted by Crippen LogP contribution is 2.36. The third kappa shape index (κ3) is 2.26. The number of aryl methyl sites for hydroxylation is 1. The van der Waals surface area contributed by atoms with Crippen LogP contribution in [0.2, 0.25) is 0 Å². The maximum atomic E-state index is 14.1. The molecule has 5 heteroatoms. The molecule has 0 amide bonds. The molecule has 1 aromatic rings. The molecule has 2 rings (SSSR count). The van der Waals surface area contributed by atoms with Crippen LogP contribution in [0.5, 0.6) is 0 Å². The van der Waals surface area contributed by atoms with Crippen molar-refractivity contribution in [3.63, 3.8) is 0 Å². The minimum absolute atomic E-state index is 0.331. The molecule has 0 unspecified atom stereocenters. The second kappa shape index (κ2) is 4.33. The Bertz CT molecular complexity index is 547. The van der Waals surface area contributed by atoms with Crippen LogP contribution in [0.3, 0.4) is 0 Å². The normalized spacial score (nSPS) is 20.4. The molecular formula is C14H17BFNO2. The van der Waals surface area contributed by atoms with Gasteiger partial charge in [0, 0.05) is 5.46 Å². The SMILES string of the molecule is Cc1cc(B2OC(C)(C)C(C)(C)O2)c(F)cc1C#N. The van der Waals surface area contributed by atoms with Crippen molar-refractivity contribution in [1.82, 2.24) is 0 Å². The zero-order valence-corrected chi connectivity index (χ0v) is 11.9. The van der Waals surface area contributed by atoms with Gasteiger partial charge in [0.15, 0.2) is 0 Å². The van der Waals surface area contributed by atoms with Crippen molar-refractivity contribution < 1.29 is 13.7 Å². The summed E-state index contributed by atoms with van der Waals surface area (Å²) in [5, 5.41) is 8.89. The van der Waals surface area contributed by atoms with E-state index in [1.165, 1.54) is 6.07 Å². The quantitative estimate of drug-likeness (QED) is 0.728. The summed E-state index contributed by atoms with van der Waals surface area (Å²) in [6, 6.07) is 4.82. The highest BCUT2D eigenvalue weighted by Gasteiger charge is 2.52. The molecule has 100 valence electrons. The molecule has 0 bridgehead atoms. The van der Waals surface area contributed by atoms with Crippen LogP contribution in [-0.4, -0.2) is 18.3 Å². The molecule has 0 spiro atoms. The molecular weight excluding hydrogens is 244 g/mol. The molecule has 1 heterocycles. The first-order valence-electron chi connectivity index (χ1n) is 6.24. The largest absolute Gasteiger partial charge is 0.497 e. The van der Waals surface area contributed by atoms with E-state index in [1.807, 2.05) is 33.8 Å². The molecule has 0 N–H and O–H groups in total. The monoisotopic (exact) mass is 261 g/mol. The molecule has 19 heavy (non-hydrogen) atoms. The second-order valence-corrected chi connectivity index (χ2v) is 5.89. The van der Waals surface area contributed by atoms with Crippen LogP contribution in [0.25, 0.3) is 0 Å². The zero-order chi connectivity index (χ0) is 14.4. The molecule has 0 atom stereocenters. The van der Waals surface area contributed by atoms with E-state index in [4.69, 9.17) is 14.6 Å². The van der Waals surface area contributed by atoms with Gasteiger partial charge in [0.2, 0.25) is 0 Å². The molecule has 1 fully saturated rings. The van der Waals surface area contributed by atoms with Crippen molar-refractivity contribution in [1.29, 1.82) is 5.26 Å². The average Bonchev–Trinajstić information content (AvgIpc) is 2.50. The lowest BCUT2D eigenvalue weighted by Crippen LogP contribution is -2.41. The van der Waals surface area contributed by atoms with Gasteiger partial charge in [0.1, 0.15) is 5.82 Å². The molecule has 0 radical (unpaired) electrons. The van der Waals surface area contributed by atoms with Crippen LogP contribution in [0, 0.1) is 24.1 Å². The van der Waals surface area contributed by atoms with Gasteiger partial charge in [-0.2, -0.15) is 5.26 Å². The lowest BCUT2D eigenvalue weighted by Gasteiger charge is -2.32. The van der Waals surface area contributed by atoms with Gasteiger partial charge in [0.25, 0.3) is 0 Å². The third-order valence-corrected chi connectivity index (χ3v) is 3.97. The molecule has 0 aliphatic carbocycles. The van der Waals surface area contributed by atoms with Crippen LogP contribution >= 0.6 is 0 Å². The molecule has 0 aromatic heterocycles. The number of nitrogens with zero attached hydrogens (tertiary/aromatic N) is 1. The van der Waals surface area contributed by atoms with Crippen LogP contribution in [-0.2, 0) is 9.31 Å².